The molecule has 0 aliphatic rings. The van der Waals surface area contributed by atoms with Crippen LogP contribution >= 0.6 is 27.5 Å². The largest absolute Gasteiger partial charge is 0.389 e. The molecule has 1 N–H and O–H groups in total. The fourth-order valence-corrected chi connectivity index (χ4v) is 1.51. The van der Waals surface area contributed by atoms with Crippen LogP contribution in [0.3, 0.4) is 0 Å². The second-order valence-electron chi connectivity index (χ2n) is 2.32. The number of hydrogen-bond donors (Lipinski definition) is 1. The van der Waals surface area contributed by atoms with E-state index in [1.807, 2.05) is 12.1 Å². The Morgan fingerprint density at radius 1 is 1.55 bits per heavy atom. The van der Waals surface area contributed by atoms with Crippen LogP contribution in [0.4, 0.5) is 0 Å². The molecule has 60 valence electrons. The maximum Gasteiger partial charge on any atom is 0.0776 e. The van der Waals surface area contributed by atoms with E-state index in [1.165, 1.54) is 0 Å². The molecule has 0 radical (unpaired) electrons. The van der Waals surface area contributed by atoms with Crippen molar-refractivity contribution in [1.29, 1.82) is 0 Å². The molecule has 0 aliphatic carbocycles. The summed E-state index contributed by atoms with van der Waals surface area (Å²) in [7, 11) is 0. The highest BCUT2D eigenvalue weighted by Crippen LogP contribution is 2.29. The highest BCUT2D eigenvalue weighted by molar-refractivity contribution is 9.10. The highest BCUT2D eigenvalue weighted by Gasteiger charge is 2.07. The molecule has 0 amide bonds. The van der Waals surface area contributed by atoms with Crippen molar-refractivity contribution in [2.24, 2.45) is 0 Å². The van der Waals surface area contributed by atoms with Gasteiger partial charge in [-0.1, -0.05) is 23.7 Å². The molecule has 1 aromatic carbocycles. The lowest BCUT2D eigenvalue weighted by atomic mass is 10.1. The third kappa shape index (κ3) is 1.95. The van der Waals surface area contributed by atoms with E-state index < -0.39 is 6.10 Å². The molecule has 0 unspecified atom stereocenters. The van der Waals surface area contributed by atoms with E-state index >= 15 is 0 Å². The van der Waals surface area contributed by atoms with Crippen LogP contribution in [-0.4, -0.2) is 5.11 Å². The van der Waals surface area contributed by atoms with Crippen molar-refractivity contribution in [2.45, 2.75) is 13.0 Å². The molecule has 1 rings (SSSR count). The fourth-order valence-electron chi connectivity index (χ4n) is 0.843. The standard InChI is InChI=1S/C8H8BrClO/c1-5(11)6-3-2-4-7(9)8(6)10/h2-5,11H,1H3/t5-/m0/s1. The molecule has 0 saturated carbocycles. The van der Waals surface area contributed by atoms with E-state index in [1.54, 1.807) is 13.0 Å². The number of aliphatic hydroxyl groups is 1. The summed E-state index contributed by atoms with van der Waals surface area (Å²) in [6, 6.07) is 5.49. The molecule has 0 heterocycles. The quantitative estimate of drug-likeness (QED) is 0.793. The smallest absolute Gasteiger partial charge is 0.0776 e. The first kappa shape index (κ1) is 9.04. The van der Waals surface area contributed by atoms with Crippen molar-refractivity contribution < 1.29 is 5.11 Å². The van der Waals surface area contributed by atoms with Crippen LogP contribution in [0.25, 0.3) is 0 Å². The summed E-state index contributed by atoms with van der Waals surface area (Å²) in [6.45, 7) is 1.69. The molecule has 0 spiro atoms. The molecular formula is C8H8BrClO. The molecule has 1 aromatic rings. The molecule has 0 fully saturated rings. The Labute approximate surface area is 79.1 Å². The van der Waals surface area contributed by atoms with Gasteiger partial charge in [0, 0.05) is 4.47 Å². The van der Waals surface area contributed by atoms with Gasteiger partial charge in [-0.3, -0.25) is 0 Å². The van der Waals surface area contributed by atoms with Crippen molar-refractivity contribution in [3.05, 3.63) is 33.3 Å². The van der Waals surface area contributed by atoms with Crippen LogP contribution in [0.2, 0.25) is 5.02 Å². The third-order valence-corrected chi connectivity index (χ3v) is 2.74. The predicted octanol–water partition coefficient (Wildman–Crippen LogP) is 3.16. The topological polar surface area (TPSA) is 20.2 Å². The number of benzene rings is 1. The van der Waals surface area contributed by atoms with Crippen LogP contribution < -0.4 is 0 Å². The van der Waals surface area contributed by atoms with Gasteiger partial charge >= 0.3 is 0 Å². The second-order valence-corrected chi connectivity index (χ2v) is 3.55. The van der Waals surface area contributed by atoms with Gasteiger partial charge in [0.1, 0.15) is 0 Å². The number of halogens is 2. The maximum absolute atomic E-state index is 9.22. The summed E-state index contributed by atoms with van der Waals surface area (Å²) in [4.78, 5) is 0. The number of rotatable bonds is 1. The van der Waals surface area contributed by atoms with Gasteiger partial charge in [-0.2, -0.15) is 0 Å². The zero-order valence-electron chi connectivity index (χ0n) is 6.01. The lowest BCUT2D eigenvalue weighted by Gasteiger charge is -2.07. The Kier molecular flexibility index (Phi) is 2.93. The fraction of sp³-hybridized carbons (Fsp3) is 0.250. The maximum atomic E-state index is 9.22. The van der Waals surface area contributed by atoms with Crippen molar-refractivity contribution in [3.8, 4) is 0 Å². The number of hydrogen-bond acceptors (Lipinski definition) is 1. The van der Waals surface area contributed by atoms with E-state index in [0.717, 1.165) is 10.0 Å². The van der Waals surface area contributed by atoms with Crippen molar-refractivity contribution in [3.63, 3.8) is 0 Å². The first-order valence-electron chi connectivity index (χ1n) is 3.25. The Bertz CT molecular complexity index is 260. The SMILES string of the molecule is C[C@H](O)c1cccc(Br)c1Cl. The van der Waals surface area contributed by atoms with E-state index in [2.05, 4.69) is 15.9 Å². The van der Waals surface area contributed by atoms with Crippen molar-refractivity contribution in [2.75, 3.05) is 0 Å². The first-order chi connectivity index (χ1) is 5.13. The zero-order valence-corrected chi connectivity index (χ0v) is 8.35. The minimum Gasteiger partial charge on any atom is -0.389 e. The minimum absolute atomic E-state index is 0.514. The number of aliphatic hydroxyl groups excluding tert-OH is 1. The van der Waals surface area contributed by atoms with Crippen LogP contribution in [0.5, 0.6) is 0 Å². The Morgan fingerprint density at radius 3 is 2.64 bits per heavy atom. The summed E-state index contributed by atoms with van der Waals surface area (Å²) in [5.41, 5.74) is 0.751. The van der Waals surface area contributed by atoms with Crippen LogP contribution in [0.15, 0.2) is 22.7 Å². The van der Waals surface area contributed by atoms with Crippen LogP contribution in [0, 0.1) is 0 Å². The Balaban J connectivity index is 3.17. The van der Waals surface area contributed by atoms with Gasteiger partial charge in [-0.15, -0.1) is 0 Å². The average Bonchev–Trinajstić information content (AvgIpc) is 1.94. The van der Waals surface area contributed by atoms with Gasteiger partial charge < -0.3 is 5.11 Å². The van der Waals surface area contributed by atoms with Crippen molar-refractivity contribution >= 4 is 27.5 Å². The summed E-state index contributed by atoms with van der Waals surface area (Å²) < 4.78 is 0.817. The Hall–Kier alpha value is -0.0500. The summed E-state index contributed by atoms with van der Waals surface area (Å²) in [5.74, 6) is 0. The molecule has 0 saturated heterocycles. The average molecular weight is 236 g/mol. The lowest BCUT2D eigenvalue weighted by molar-refractivity contribution is 0.199. The monoisotopic (exact) mass is 234 g/mol. The minimum atomic E-state index is -0.514. The van der Waals surface area contributed by atoms with E-state index in [9.17, 15) is 5.11 Å². The summed E-state index contributed by atoms with van der Waals surface area (Å²) in [5, 5.41) is 9.81. The predicted molar refractivity (Wildman–Crippen MR) is 49.8 cm³/mol. The highest BCUT2D eigenvalue weighted by atomic mass is 79.9. The van der Waals surface area contributed by atoms with Gasteiger partial charge in [-0.05, 0) is 34.5 Å². The van der Waals surface area contributed by atoms with Crippen LogP contribution in [0.1, 0.15) is 18.6 Å². The second kappa shape index (κ2) is 3.57. The van der Waals surface area contributed by atoms with Crippen LogP contribution in [-0.2, 0) is 0 Å². The molecule has 0 aliphatic heterocycles. The van der Waals surface area contributed by atoms with Gasteiger partial charge in [-0.25, -0.2) is 0 Å². The van der Waals surface area contributed by atoms with Gasteiger partial charge in [0.25, 0.3) is 0 Å². The normalized spacial score (nSPS) is 13.1. The molecule has 3 heteroatoms. The van der Waals surface area contributed by atoms with Gasteiger partial charge in [0.05, 0.1) is 11.1 Å². The van der Waals surface area contributed by atoms with Gasteiger partial charge in [0.15, 0.2) is 0 Å². The van der Waals surface area contributed by atoms with E-state index in [4.69, 9.17) is 11.6 Å². The summed E-state index contributed by atoms with van der Waals surface area (Å²) in [6.07, 6.45) is -0.514. The molecule has 1 nitrogen and oxygen atoms in total. The van der Waals surface area contributed by atoms with Gasteiger partial charge in [0.2, 0.25) is 0 Å². The molecule has 0 bridgehead atoms. The zero-order chi connectivity index (χ0) is 8.43. The molecular weight excluding hydrogens is 227 g/mol. The molecule has 11 heavy (non-hydrogen) atoms. The Morgan fingerprint density at radius 2 is 2.18 bits per heavy atom. The molecule has 0 aromatic heterocycles. The van der Waals surface area contributed by atoms with E-state index in [0.29, 0.717) is 5.02 Å². The summed E-state index contributed by atoms with van der Waals surface area (Å²) >= 11 is 9.15. The molecule has 1 atom stereocenters. The van der Waals surface area contributed by atoms with Crippen molar-refractivity contribution in [1.82, 2.24) is 0 Å². The first-order valence-corrected chi connectivity index (χ1v) is 4.42. The third-order valence-electron chi connectivity index (χ3n) is 1.43. The lowest BCUT2D eigenvalue weighted by Crippen LogP contribution is -1.91. The van der Waals surface area contributed by atoms with E-state index in [-0.39, 0.29) is 0 Å².